The van der Waals surface area contributed by atoms with Crippen molar-refractivity contribution in [1.82, 2.24) is 5.32 Å². The van der Waals surface area contributed by atoms with Gasteiger partial charge in [-0.25, -0.2) is 0 Å². The summed E-state index contributed by atoms with van der Waals surface area (Å²) in [6, 6.07) is 20.1. The molecular formula is C23H25NO3. The SMILES string of the molecule is Cc1ccc(C)c(OC(C)C(=O)NCCOc2ccc3ccccc3c2)c1. The zero-order valence-electron chi connectivity index (χ0n) is 16.0. The maximum absolute atomic E-state index is 12.2. The van der Waals surface area contributed by atoms with Crippen molar-refractivity contribution in [1.29, 1.82) is 0 Å². The van der Waals surface area contributed by atoms with Gasteiger partial charge in [-0.15, -0.1) is 0 Å². The molecule has 0 radical (unpaired) electrons. The second kappa shape index (κ2) is 8.58. The van der Waals surface area contributed by atoms with Gasteiger partial charge in [0.05, 0.1) is 6.54 Å². The average Bonchev–Trinajstić information content (AvgIpc) is 2.67. The van der Waals surface area contributed by atoms with Crippen molar-refractivity contribution in [2.24, 2.45) is 0 Å². The van der Waals surface area contributed by atoms with Crippen LogP contribution in [0.1, 0.15) is 18.1 Å². The molecular weight excluding hydrogens is 338 g/mol. The number of hydrogen-bond acceptors (Lipinski definition) is 3. The molecule has 0 saturated carbocycles. The molecule has 0 aliphatic rings. The summed E-state index contributed by atoms with van der Waals surface area (Å²) in [6.45, 7) is 6.55. The third kappa shape index (κ3) is 5.00. The number of benzene rings is 3. The van der Waals surface area contributed by atoms with Gasteiger partial charge in [0.2, 0.25) is 0 Å². The van der Waals surface area contributed by atoms with Crippen LogP contribution in [0.5, 0.6) is 11.5 Å². The Bertz CT molecular complexity index is 936. The van der Waals surface area contributed by atoms with E-state index in [9.17, 15) is 4.79 Å². The third-order valence-electron chi connectivity index (χ3n) is 4.41. The highest BCUT2D eigenvalue weighted by molar-refractivity contribution is 5.83. The largest absolute Gasteiger partial charge is 0.492 e. The van der Waals surface area contributed by atoms with Gasteiger partial charge in [-0.05, 0) is 60.9 Å². The molecule has 4 heteroatoms. The Kier molecular flexibility index (Phi) is 5.97. The van der Waals surface area contributed by atoms with Crippen molar-refractivity contribution in [3.05, 3.63) is 71.8 Å². The predicted molar refractivity (Wildman–Crippen MR) is 108 cm³/mol. The van der Waals surface area contributed by atoms with Crippen LogP contribution in [-0.4, -0.2) is 25.2 Å². The van der Waals surface area contributed by atoms with E-state index < -0.39 is 6.10 Å². The second-order valence-electron chi connectivity index (χ2n) is 6.68. The quantitative estimate of drug-likeness (QED) is 0.632. The molecule has 0 fully saturated rings. The number of fused-ring (bicyclic) bond motifs is 1. The number of aryl methyl sites for hydroxylation is 2. The molecule has 140 valence electrons. The monoisotopic (exact) mass is 363 g/mol. The fraction of sp³-hybridized carbons (Fsp3) is 0.261. The number of carbonyl (C=O) groups excluding carboxylic acids is 1. The summed E-state index contributed by atoms with van der Waals surface area (Å²) in [5.41, 5.74) is 2.12. The molecule has 0 saturated heterocycles. The van der Waals surface area contributed by atoms with Gasteiger partial charge in [0, 0.05) is 0 Å². The Labute approximate surface area is 160 Å². The van der Waals surface area contributed by atoms with E-state index in [0.29, 0.717) is 13.2 Å². The fourth-order valence-electron chi connectivity index (χ4n) is 2.82. The third-order valence-corrected chi connectivity index (χ3v) is 4.41. The Balaban J connectivity index is 1.46. The minimum atomic E-state index is -0.564. The van der Waals surface area contributed by atoms with Crippen LogP contribution in [-0.2, 0) is 4.79 Å². The van der Waals surface area contributed by atoms with E-state index in [1.807, 2.05) is 62.4 Å². The molecule has 27 heavy (non-hydrogen) atoms. The van der Waals surface area contributed by atoms with Gasteiger partial charge in [0.25, 0.3) is 5.91 Å². The first-order valence-corrected chi connectivity index (χ1v) is 9.16. The van der Waals surface area contributed by atoms with E-state index in [1.54, 1.807) is 6.92 Å². The van der Waals surface area contributed by atoms with Crippen LogP contribution in [0, 0.1) is 13.8 Å². The van der Waals surface area contributed by atoms with Crippen LogP contribution < -0.4 is 14.8 Å². The molecule has 3 aromatic carbocycles. The van der Waals surface area contributed by atoms with E-state index >= 15 is 0 Å². The first-order chi connectivity index (χ1) is 13.0. The van der Waals surface area contributed by atoms with Crippen molar-refractivity contribution in [2.75, 3.05) is 13.2 Å². The first kappa shape index (κ1) is 18.8. The lowest BCUT2D eigenvalue weighted by Crippen LogP contribution is -2.38. The minimum absolute atomic E-state index is 0.155. The van der Waals surface area contributed by atoms with Crippen molar-refractivity contribution in [3.63, 3.8) is 0 Å². The lowest BCUT2D eigenvalue weighted by Gasteiger charge is -2.17. The summed E-state index contributed by atoms with van der Waals surface area (Å²) >= 11 is 0. The minimum Gasteiger partial charge on any atom is -0.492 e. The van der Waals surface area contributed by atoms with Gasteiger partial charge in [0.15, 0.2) is 6.10 Å². The van der Waals surface area contributed by atoms with Crippen LogP contribution in [0.25, 0.3) is 10.8 Å². The molecule has 1 unspecified atom stereocenters. The molecule has 1 N–H and O–H groups in total. The van der Waals surface area contributed by atoms with Crippen LogP contribution in [0.4, 0.5) is 0 Å². The standard InChI is InChI=1S/C23H25NO3/c1-16-8-9-17(2)22(14-16)27-18(3)23(25)24-12-13-26-21-11-10-19-6-4-5-7-20(19)15-21/h4-11,14-15,18H,12-13H2,1-3H3,(H,24,25). The van der Waals surface area contributed by atoms with Gasteiger partial charge in [-0.1, -0.05) is 42.5 Å². The summed E-state index contributed by atoms with van der Waals surface area (Å²) in [7, 11) is 0. The number of hydrogen-bond donors (Lipinski definition) is 1. The number of rotatable bonds is 7. The molecule has 3 aromatic rings. The Morgan fingerprint density at radius 2 is 1.78 bits per heavy atom. The highest BCUT2D eigenvalue weighted by Gasteiger charge is 2.15. The van der Waals surface area contributed by atoms with Crippen molar-refractivity contribution in [3.8, 4) is 11.5 Å². The van der Waals surface area contributed by atoms with Crippen molar-refractivity contribution >= 4 is 16.7 Å². The van der Waals surface area contributed by atoms with Crippen LogP contribution in [0.15, 0.2) is 60.7 Å². The number of ether oxygens (including phenoxy) is 2. The highest BCUT2D eigenvalue weighted by atomic mass is 16.5. The van der Waals surface area contributed by atoms with Crippen molar-refractivity contribution in [2.45, 2.75) is 26.9 Å². The average molecular weight is 363 g/mol. The van der Waals surface area contributed by atoms with Crippen LogP contribution in [0.3, 0.4) is 0 Å². The molecule has 1 amide bonds. The molecule has 0 aromatic heterocycles. The molecule has 0 heterocycles. The zero-order valence-corrected chi connectivity index (χ0v) is 16.0. The molecule has 0 bridgehead atoms. The zero-order chi connectivity index (χ0) is 19.2. The summed E-state index contributed by atoms with van der Waals surface area (Å²) in [6.07, 6.45) is -0.564. The van der Waals surface area contributed by atoms with E-state index in [4.69, 9.17) is 9.47 Å². The second-order valence-corrected chi connectivity index (χ2v) is 6.68. The van der Waals surface area contributed by atoms with E-state index in [-0.39, 0.29) is 5.91 Å². The molecule has 3 rings (SSSR count). The maximum Gasteiger partial charge on any atom is 0.260 e. The lowest BCUT2D eigenvalue weighted by atomic mass is 10.1. The number of nitrogens with one attached hydrogen (secondary N) is 1. The van der Waals surface area contributed by atoms with E-state index in [1.165, 1.54) is 5.39 Å². The highest BCUT2D eigenvalue weighted by Crippen LogP contribution is 2.21. The maximum atomic E-state index is 12.2. The van der Waals surface area contributed by atoms with Crippen LogP contribution in [0.2, 0.25) is 0 Å². The van der Waals surface area contributed by atoms with E-state index in [2.05, 4.69) is 17.4 Å². The molecule has 0 aliphatic carbocycles. The Morgan fingerprint density at radius 1 is 1.00 bits per heavy atom. The normalized spacial score (nSPS) is 11.8. The van der Waals surface area contributed by atoms with Gasteiger partial charge in [0.1, 0.15) is 18.1 Å². The summed E-state index contributed by atoms with van der Waals surface area (Å²) in [5, 5.41) is 5.17. The molecule has 0 spiro atoms. The van der Waals surface area contributed by atoms with Gasteiger partial charge >= 0.3 is 0 Å². The summed E-state index contributed by atoms with van der Waals surface area (Å²) < 4.78 is 11.5. The topological polar surface area (TPSA) is 47.6 Å². The smallest absolute Gasteiger partial charge is 0.260 e. The Morgan fingerprint density at radius 3 is 2.59 bits per heavy atom. The molecule has 1 atom stereocenters. The number of amides is 1. The van der Waals surface area contributed by atoms with Gasteiger partial charge in [-0.2, -0.15) is 0 Å². The predicted octanol–water partition coefficient (Wildman–Crippen LogP) is 4.42. The number of carbonyl (C=O) groups is 1. The van der Waals surface area contributed by atoms with Gasteiger partial charge < -0.3 is 14.8 Å². The summed E-state index contributed by atoms with van der Waals surface area (Å²) in [4.78, 5) is 12.2. The molecule has 0 aliphatic heterocycles. The van der Waals surface area contributed by atoms with Crippen molar-refractivity contribution < 1.29 is 14.3 Å². The first-order valence-electron chi connectivity index (χ1n) is 9.16. The van der Waals surface area contributed by atoms with Crippen LogP contribution >= 0.6 is 0 Å². The van der Waals surface area contributed by atoms with Gasteiger partial charge in [-0.3, -0.25) is 4.79 Å². The lowest BCUT2D eigenvalue weighted by molar-refractivity contribution is -0.127. The Hall–Kier alpha value is -3.01. The summed E-state index contributed by atoms with van der Waals surface area (Å²) in [5.74, 6) is 1.38. The fourth-order valence-corrected chi connectivity index (χ4v) is 2.82. The van der Waals surface area contributed by atoms with E-state index in [0.717, 1.165) is 28.0 Å². The molecule has 4 nitrogen and oxygen atoms in total.